The molecule has 0 aliphatic rings. The fourth-order valence-electron chi connectivity index (χ4n) is 2.47. The molecule has 0 unspecified atom stereocenters. The largest absolute Gasteiger partial charge is 0.350 e. The summed E-state index contributed by atoms with van der Waals surface area (Å²) in [7, 11) is 1.95. The second-order valence-corrected chi connectivity index (χ2v) is 5.60. The molecule has 112 valence electrons. The zero-order valence-electron chi connectivity index (χ0n) is 12.9. The maximum Gasteiger partial charge on any atom is 0.227 e. The van der Waals surface area contributed by atoms with Crippen LogP contribution in [-0.4, -0.2) is 20.3 Å². The summed E-state index contributed by atoms with van der Waals surface area (Å²) in [5.41, 5.74) is 2.65. The van der Waals surface area contributed by atoms with Crippen molar-refractivity contribution in [3.8, 4) is 0 Å². The third-order valence-corrected chi connectivity index (χ3v) is 3.60. The summed E-state index contributed by atoms with van der Waals surface area (Å²) >= 11 is 0. The third kappa shape index (κ3) is 2.57. The summed E-state index contributed by atoms with van der Waals surface area (Å²) in [5, 5.41) is 4.10. The first kappa shape index (κ1) is 14.3. The number of carbonyl (C=O) groups is 1. The summed E-state index contributed by atoms with van der Waals surface area (Å²) < 4.78 is 1.98. The van der Waals surface area contributed by atoms with E-state index in [1.54, 1.807) is 18.5 Å². The molecule has 0 amide bonds. The van der Waals surface area contributed by atoms with Crippen LogP contribution in [0.3, 0.4) is 0 Å². The van der Waals surface area contributed by atoms with Crippen molar-refractivity contribution in [2.24, 2.45) is 13.0 Å². The zero-order valence-corrected chi connectivity index (χ0v) is 12.9. The van der Waals surface area contributed by atoms with Crippen LogP contribution in [0.15, 0.2) is 42.9 Å². The molecule has 0 atom stereocenters. The van der Waals surface area contributed by atoms with Gasteiger partial charge in [0.2, 0.25) is 5.95 Å². The van der Waals surface area contributed by atoms with Crippen molar-refractivity contribution in [3.63, 3.8) is 0 Å². The van der Waals surface area contributed by atoms with Crippen LogP contribution in [0, 0.1) is 5.92 Å². The van der Waals surface area contributed by atoms with Crippen molar-refractivity contribution in [1.29, 1.82) is 0 Å². The second-order valence-electron chi connectivity index (χ2n) is 5.60. The number of ketones is 1. The molecule has 0 spiro atoms. The molecule has 3 rings (SSSR count). The second kappa shape index (κ2) is 5.60. The highest BCUT2D eigenvalue weighted by Crippen LogP contribution is 2.27. The smallest absolute Gasteiger partial charge is 0.227 e. The SMILES string of the molecule is CC(C)C(=O)c1cn(C)c2ccc(Nc3ncccn3)cc12. The van der Waals surface area contributed by atoms with E-state index < -0.39 is 0 Å². The van der Waals surface area contributed by atoms with Gasteiger partial charge in [-0.25, -0.2) is 9.97 Å². The average Bonchev–Trinajstić information content (AvgIpc) is 2.84. The minimum absolute atomic E-state index is 0.0281. The molecule has 0 aliphatic heterocycles. The fraction of sp³-hybridized carbons (Fsp3) is 0.235. The van der Waals surface area contributed by atoms with Crippen LogP contribution in [0.2, 0.25) is 0 Å². The molecule has 0 saturated heterocycles. The van der Waals surface area contributed by atoms with E-state index in [0.29, 0.717) is 5.95 Å². The van der Waals surface area contributed by atoms with E-state index >= 15 is 0 Å². The van der Waals surface area contributed by atoms with Crippen molar-refractivity contribution < 1.29 is 4.79 Å². The highest BCUT2D eigenvalue weighted by atomic mass is 16.1. The Hall–Kier alpha value is -2.69. The van der Waals surface area contributed by atoms with Gasteiger partial charge in [0, 0.05) is 53.7 Å². The lowest BCUT2D eigenvalue weighted by Gasteiger charge is -2.06. The molecular formula is C17H18N4O. The predicted molar refractivity (Wildman–Crippen MR) is 87.4 cm³/mol. The molecule has 22 heavy (non-hydrogen) atoms. The van der Waals surface area contributed by atoms with Gasteiger partial charge in [-0.2, -0.15) is 0 Å². The standard InChI is InChI=1S/C17H18N4O/c1-11(2)16(22)14-10-21(3)15-6-5-12(9-13(14)15)20-17-18-7-4-8-19-17/h4-11H,1-3H3,(H,18,19,20). The minimum Gasteiger partial charge on any atom is -0.350 e. The number of rotatable bonds is 4. The number of hydrogen-bond acceptors (Lipinski definition) is 4. The lowest BCUT2D eigenvalue weighted by atomic mass is 10.0. The Bertz CT molecular complexity index is 821. The maximum atomic E-state index is 12.4. The number of nitrogens with zero attached hydrogens (tertiary/aromatic N) is 3. The van der Waals surface area contributed by atoms with Crippen LogP contribution in [0.4, 0.5) is 11.6 Å². The van der Waals surface area contributed by atoms with E-state index in [1.807, 2.05) is 49.9 Å². The molecule has 2 heterocycles. The van der Waals surface area contributed by atoms with Crippen molar-refractivity contribution in [2.45, 2.75) is 13.8 Å². The molecule has 1 N–H and O–H groups in total. The van der Waals surface area contributed by atoms with Crippen LogP contribution in [0.25, 0.3) is 10.9 Å². The number of Topliss-reactive ketones (excluding diaryl/α,β-unsaturated/α-hetero) is 1. The van der Waals surface area contributed by atoms with Gasteiger partial charge in [-0.05, 0) is 24.3 Å². The van der Waals surface area contributed by atoms with Crippen LogP contribution < -0.4 is 5.32 Å². The number of hydrogen-bond donors (Lipinski definition) is 1. The number of benzene rings is 1. The van der Waals surface area contributed by atoms with Gasteiger partial charge in [0.1, 0.15) is 0 Å². The minimum atomic E-state index is -0.0281. The van der Waals surface area contributed by atoms with Gasteiger partial charge in [-0.1, -0.05) is 13.8 Å². The highest BCUT2D eigenvalue weighted by Gasteiger charge is 2.17. The molecule has 1 aromatic carbocycles. The Morgan fingerprint density at radius 1 is 1.23 bits per heavy atom. The number of nitrogens with one attached hydrogen (secondary N) is 1. The summed E-state index contributed by atoms with van der Waals surface area (Å²) in [4.78, 5) is 20.7. The van der Waals surface area contributed by atoms with Gasteiger partial charge in [-0.15, -0.1) is 0 Å². The summed E-state index contributed by atoms with van der Waals surface area (Å²) in [6, 6.07) is 7.70. The van der Waals surface area contributed by atoms with Crippen LogP contribution in [-0.2, 0) is 7.05 Å². The normalized spacial score (nSPS) is 11.1. The summed E-state index contributed by atoms with van der Waals surface area (Å²) in [6.45, 7) is 3.84. The molecule has 0 fully saturated rings. The predicted octanol–water partition coefficient (Wildman–Crippen LogP) is 3.55. The average molecular weight is 294 g/mol. The number of anilines is 2. The first-order valence-corrected chi connectivity index (χ1v) is 7.23. The van der Waals surface area contributed by atoms with E-state index in [4.69, 9.17) is 0 Å². The fourth-order valence-corrected chi connectivity index (χ4v) is 2.47. The first-order chi connectivity index (χ1) is 10.6. The molecule has 0 bridgehead atoms. The molecule has 0 saturated carbocycles. The Morgan fingerprint density at radius 2 is 1.95 bits per heavy atom. The first-order valence-electron chi connectivity index (χ1n) is 7.23. The Labute approximate surface area is 129 Å². The highest BCUT2D eigenvalue weighted by molar-refractivity contribution is 6.09. The maximum absolute atomic E-state index is 12.4. The van der Waals surface area contributed by atoms with Crippen LogP contribution in [0.1, 0.15) is 24.2 Å². The molecule has 3 aromatic rings. The molecular weight excluding hydrogens is 276 g/mol. The van der Waals surface area contributed by atoms with Crippen molar-refractivity contribution in [3.05, 3.63) is 48.4 Å². The van der Waals surface area contributed by atoms with Crippen LogP contribution >= 0.6 is 0 Å². The number of fused-ring (bicyclic) bond motifs is 1. The summed E-state index contributed by atoms with van der Waals surface area (Å²) in [5.74, 6) is 0.660. The van der Waals surface area contributed by atoms with Crippen molar-refractivity contribution >= 4 is 28.3 Å². The summed E-state index contributed by atoms with van der Waals surface area (Å²) in [6.07, 6.45) is 5.27. The molecule has 5 heteroatoms. The quantitative estimate of drug-likeness (QED) is 0.748. The van der Waals surface area contributed by atoms with Gasteiger partial charge in [0.25, 0.3) is 0 Å². The molecule has 0 radical (unpaired) electrons. The molecule has 5 nitrogen and oxygen atoms in total. The van der Waals surface area contributed by atoms with E-state index in [9.17, 15) is 4.79 Å². The van der Waals surface area contributed by atoms with Gasteiger partial charge in [0.15, 0.2) is 5.78 Å². The van der Waals surface area contributed by atoms with Crippen molar-refractivity contribution in [1.82, 2.24) is 14.5 Å². The topological polar surface area (TPSA) is 59.8 Å². The third-order valence-electron chi connectivity index (χ3n) is 3.60. The zero-order chi connectivity index (χ0) is 15.7. The van der Waals surface area contributed by atoms with E-state index in [0.717, 1.165) is 22.2 Å². The van der Waals surface area contributed by atoms with E-state index in [1.165, 1.54) is 0 Å². The number of aryl methyl sites for hydroxylation is 1. The van der Waals surface area contributed by atoms with Gasteiger partial charge < -0.3 is 9.88 Å². The Balaban J connectivity index is 2.04. The lowest BCUT2D eigenvalue weighted by molar-refractivity contribution is 0.0941. The van der Waals surface area contributed by atoms with Gasteiger partial charge in [0.05, 0.1) is 0 Å². The van der Waals surface area contributed by atoms with Crippen molar-refractivity contribution in [2.75, 3.05) is 5.32 Å². The molecule has 2 aromatic heterocycles. The van der Waals surface area contributed by atoms with Gasteiger partial charge in [-0.3, -0.25) is 4.79 Å². The Kier molecular flexibility index (Phi) is 3.63. The number of carbonyl (C=O) groups excluding carboxylic acids is 1. The lowest BCUT2D eigenvalue weighted by Crippen LogP contribution is -2.06. The van der Waals surface area contributed by atoms with Gasteiger partial charge >= 0.3 is 0 Å². The number of aromatic nitrogens is 3. The Morgan fingerprint density at radius 3 is 2.64 bits per heavy atom. The monoisotopic (exact) mass is 294 g/mol. The van der Waals surface area contributed by atoms with E-state index in [-0.39, 0.29) is 11.7 Å². The molecule has 0 aliphatic carbocycles. The van der Waals surface area contributed by atoms with Crippen LogP contribution in [0.5, 0.6) is 0 Å². The van der Waals surface area contributed by atoms with E-state index in [2.05, 4.69) is 15.3 Å².